The predicted octanol–water partition coefficient (Wildman–Crippen LogP) is 1.89. The minimum absolute atomic E-state index is 0.167. The van der Waals surface area contributed by atoms with Crippen LogP contribution in [0.3, 0.4) is 0 Å². The highest BCUT2D eigenvalue weighted by atomic mass is 16.7. The van der Waals surface area contributed by atoms with Gasteiger partial charge in [-0.3, -0.25) is 0 Å². The lowest BCUT2D eigenvalue weighted by Gasteiger charge is -2.21. The van der Waals surface area contributed by atoms with Crippen LogP contribution in [0.2, 0.25) is 0 Å². The number of carbonyl (C=O) groups is 1. The zero-order valence-corrected chi connectivity index (χ0v) is 10.4. The summed E-state index contributed by atoms with van der Waals surface area (Å²) < 4.78 is 20.7. The maximum absolute atomic E-state index is 11.4. The number of esters is 1. The first-order valence-corrected chi connectivity index (χ1v) is 6.15. The smallest absolute Gasteiger partial charge is 0.360 e. The monoisotopic (exact) mass is 255 g/mol. The molecule has 1 fully saturated rings. The van der Waals surface area contributed by atoms with Crippen LogP contribution in [-0.2, 0) is 20.8 Å². The van der Waals surface area contributed by atoms with E-state index in [4.69, 9.17) is 18.7 Å². The Morgan fingerprint density at radius 2 is 2.44 bits per heavy atom. The zero-order chi connectivity index (χ0) is 12.8. The summed E-state index contributed by atoms with van der Waals surface area (Å²) in [6.07, 6.45) is 2.89. The molecule has 1 atom stereocenters. The average Bonchev–Trinajstić information content (AvgIpc) is 2.87. The summed E-state index contributed by atoms with van der Waals surface area (Å²) in [4.78, 5) is 11.4. The third-order valence-corrected chi connectivity index (χ3v) is 2.59. The van der Waals surface area contributed by atoms with Gasteiger partial charge in [0.25, 0.3) is 0 Å². The Morgan fingerprint density at radius 1 is 1.56 bits per heavy atom. The number of nitrogens with zero attached hydrogens (tertiary/aromatic N) is 1. The van der Waals surface area contributed by atoms with Crippen LogP contribution in [0.4, 0.5) is 0 Å². The van der Waals surface area contributed by atoms with Crippen molar-refractivity contribution in [1.82, 2.24) is 5.16 Å². The summed E-state index contributed by atoms with van der Waals surface area (Å²) >= 11 is 0. The molecule has 0 aliphatic carbocycles. The van der Waals surface area contributed by atoms with Gasteiger partial charge in [-0.25, -0.2) is 4.79 Å². The van der Waals surface area contributed by atoms with E-state index in [1.165, 1.54) is 6.07 Å². The van der Waals surface area contributed by atoms with Gasteiger partial charge in [0.2, 0.25) is 0 Å². The molecule has 1 aliphatic heterocycles. The van der Waals surface area contributed by atoms with E-state index in [0.717, 1.165) is 25.9 Å². The highest BCUT2D eigenvalue weighted by Crippen LogP contribution is 2.16. The first-order valence-electron chi connectivity index (χ1n) is 6.15. The molecular weight excluding hydrogens is 238 g/mol. The normalized spacial score (nSPS) is 19.7. The number of hydrogen-bond donors (Lipinski definition) is 0. The topological polar surface area (TPSA) is 70.8 Å². The molecule has 6 nitrogen and oxygen atoms in total. The van der Waals surface area contributed by atoms with Gasteiger partial charge in [0, 0.05) is 12.7 Å². The molecule has 0 aromatic carbocycles. The first kappa shape index (κ1) is 13.0. The van der Waals surface area contributed by atoms with Crippen molar-refractivity contribution >= 4 is 5.97 Å². The van der Waals surface area contributed by atoms with Gasteiger partial charge in [-0.1, -0.05) is 5.16 Å². The van der Waals surface area contributed by atoms with Crippen molar-refractivity contribution in [2.75, 3.05) is 13.2 Å². The fourth-order valence-corrected chi connectivity index (χ4v) is 1.70. The van der Waals surface area contributed by atoms with Crippen LogP contribution in [0.15, 0.2) is 10.6 Å². The molecule has 0 N–H and O–H groups in total. The zero-order valence-electron chi connectivity index (χ0n) is 10.4. The van der Waals surface area contributed by atoms with E-state index >= 15 is 0 Å². The molecule has 0 bridgehead atoms. The fourth-order valence-electron chi connectivity index (χ4n) is 1.70. The standard InChI is InChI=1S/C12H17NO5/c1-2-15-12(14)10-7-9(18-13-10)8-17-11-5-3-4-6-16-11/h7,11H,2-6,8H2,1H3. The van der Waals surface area contributed by atoms with Gasteiger partial charge in [0.05, 0.1) is 6.61 Å². The Bertz CT molecular complexity index is 384. The molecule has 18 heavy (non-hydrogen) atoms. The number of carbonyl (C=O) groups excluding carboxylic acids is 1. The van der Waals surface area contributed by atoms with Gasteiger partial charge >= 0.3 is 5.97 Å². The summed E-state index contributed by atoms with van der Waals surface area (Å²) in [5.74, 6) is 0.00800. The molecule has 1 aromatic heterocycles. The largest absolute Gasteiger partial charge is 0.461 e. The second-order valence-electron chi connectivity index (χ2n) is 4.01. The third-order valence-electron chi connectivity index (χ3n) is 2.59. The number of hydrogen-bond acceptors (Lipinski definition) is 6. The summed E-state index contributed by atoms with van der Waals surface area (Å²) in [7, 11) is 0. The molecule has 0 amide bonds. The molecule has 1 aliphatic rings. The van der Waals surface area contributed by atoms with Gasteiger partial charge in [-0.05, 0) is 26.2 Å². The molecule has 0 saturated carbocycles. The van der Waals surface area contributed by atoms with Gasteiger partial charge in [0.1, 0.15) is 6.61 Å². The number of ether oxygens (including phenoxy) is 3. The van der Waals surface area contributed by atoms with Crippen molar-refractivity contribution in [1.29, 1.82) is 0 Å². The Labute approximate surface area is 105 Å². The Kier molecular flexibility index (Phi) is 4.72. The first-order chi connectivity index (χ1) is 8.79. The van der Waals surface area contributed by atoms with Crippen molar-refractivity contribution in [3.8, 4) is 0 Å². The Morgan fingerprint density at radius 3 is 3.17 bits per heavy atom. The van der Waals surface area contributed by atoms with Gasteiger partial charge in [-0.2, -0.15) is 0 Å². The third kappa shape index (κ3) is 3.54. The minimum Gasteiger partial charge on any atom is -0.461 e. The van der Waals surface area contributed by atoms with Gasteiger partial charge < -0.3 is 18.7 Å². The van der Waals surface area contributed by atoms with E-state index in [-0.39, 0.29) is 18.6 Å². The van der Waals surface area contributed by atoms with Crippen LogP contribution in [-0.4, -0.2) is 30.6 Å². The second kappa shape index (κ2) is 6.51. The summed E-state index contributed by atoms with van der Waals surface area (Å²) in [6, 6.07) is 1.53. The second-order valence-corrected chi connectivity index (χ2v) is 4.01. The lowest BCUT2D eigenvalue weighted by Crippen LogP contribution is -2.21. The molecule has 0 spiro atoms. The molecule has 100 valence electrons. The molecule has 0 radical (unpaired) electrons. The van der Waals surface area contributed by atoms with Gasteiger partial charge in [0.15, 0.2) is 17.7 Å². The Hall–Kier alpha value is -1.40. The van der Waals surface area contributed by atoms with Crippen LogP contribution < -0.4 is 0 Å². The van der Waals surface area contributed by atoms with Crippen LogP contribution in [0.1, 0.15) is 42.4 Å². The van der Waals surface area contributed by atoms with Gasteiger partial charge in [-0.15, -0.1) is 0 Å². The summed E-state index contributed by atoms with van der Waals surface area (Å²) in [5, 5.41) is 3.63. The quantitative estimate of drug-likeness (QED) is 0.748. The molecule has 2 heterocycles. The van der Waals surface area contributed by atoms with Crippen molar-refractivity contribution in [2.24, 2.45) is 0 Å². The maximum atomic E-state index is 11.4. The average molecular weight is 255 g/mol. The number of rotatable bonds is 5. The van der Waals surface area contributed by atoms with Crippen molar-refractivity contribution in [3.63, 3.8) is 0 Å². The molecule has 6 heteroatoms. The fraction of sp³-hybridized carbons (Fsp3) is 0.667. The summed E-state index contributed by atoms with van der Waals surface area (Å²) in [5.41, 5.74) is 0.167. The number of aromatic nitrogens is 1. The molecule has 2 rings (SSSR count). The highest BCUT2D eigenvalue weighted by Gasteiger charge is 2.17. The Balaban J connectivity index is 1.80. The van der Waals surface area contributed by atoms with Crippen molar-refractivity contribution in [3.05, 3.63) is 17.5 Å². The van der Waals surface area contributed by atoms with Crippen LogP contribution >= 0.6 is 0 Å². The minimum atomic E-state index is -0.485. The van der Waals surface area contributed by atoms with E-state index < -0.39 is 5.97 Å². The van der Waals surface area contributed by atoms with Crippen molar-refractivity contribution < 1.29 is 23.5 Å². The summed E-state index contributed by atoms with van der Waals surface area (Å²) in [6.45, 7) is 3.03. The van der Waals surface area contributed by atoms with E-state index in [0.29, 0.717) is 12.4 Å². The van der Waals surface area contributed by atoms with E-state index in [2.05, 4.69) is 5.16 Å². The lowest BCUT2D eigenvalue weighted by atomic mass is 10.2. The highest BCUT2D eigenvalue weighted by molar-refractivity contribution is 5.87. The maximum Gasteiger partial charge on any atom is 0.360 e. The van der Waals surface area contributed by atoms with Crippen LogP contribution in [0, 0.1) is 0 Å². The van der Waals surface area contributed by atoms with E-state index in [1.807, 2.05) is 0 Å². The van der Waals surface area contributed by atoms with E-state index in [9.17, 15) is 4.79 Å². The van der Waals surface area contributed by atoms with Crippen molar-refractivity contribution in [2.45, 2.75) is 39.1 Å². The molecular formula is C12H17NO5. The lowest BCUT2D eigenvalue weighted by molar-refractivity contribution is -0.171. The van der Waals surface area contributed by atoms with Crippen LogP contribution in [0.5, 0.6) is 0 Å². The molecule has 1 unspecified atom stereocenters. The van der Waals surface area contributed by atoms with Crippen LogP contribution in [0.25, 0.3) is 0 Å². The predicted molar refractivity (Wildman–Crippen MR) is 60.8 cm³/mol. The van der Waals surface area contributed by atoms with E-state index in [1.54, 1.807) is 6.92 Å². The molecule has 1 saturated heterocycles. The SMILES string of the molecule is CCOC(=O)c1cc(COC2CCCCO2)on1. The molecule has 1 aromatic rings.